The van der Waals surface area contributed by atoms with Crippen LogP contribution in [0, 0.1) is 6.92 Å². The Morgan fingerprint density at radius 2 is 2.00 bits per heavy atom. The molecule has 0 amide bonds. The lowest BCUT2D eigenvalue weighted by atomic mass is 9.37. The molecule has 3 heteroatoms. The van der Waals surface area contributed by atoms with Crippen molar-refractivity contribution >= 4 is 11.6 Å². The van der Waals surface area contributed by atoms with Gasteiger partial charge in [0.15, 0.2) is 0 Å². The first-order chi connectivity index (χ1) is 7.09. The normalized spacial score (nSPS) is 37.0. The maximum atomic E-state index is 6.15. The summed E-state index contributed by atoms with van der Waals surface area (Å²) in [6, 6.07) is 6.44. The third-order valence-corrected chi connectivity index (χ3v) is 4.53. The molecule has 0 atom stereocenters. The highest BCUT2D eigenvalue weighted by atomic mass is 35.5. The number of nitrogens with two attached hydrogens (primary N) is 1. The van der Waals surface area contributed by atoms with Crippen molar-refractivity contribution < 1.29 is 0 Å². The van der Waals surface area contributed by atoms with E-state index in [1.54, 1.807) is 0 Å². The number of hydrazine groups is 1. The van der Waals surface area contributed by atoms with Crippen molar-refractivity contribution in [1.82, 2.24) is 5.43 Å². The summed E-state index contributed by atoms with van der Waals surface area (Å²) in [6.45, 7) is 2.04. The van der Waals surface area contributed by atoms with Crippen molar-refractivity contribution in [2.45, 2.75) is 37.1 Å². The van der Waals surface area contributed by atoms with Gasteiger partial charge in [0.25, 0.3) is 0 Å². The summed E-state index contributed by atoms with van der Waals surface area (Å²) < 4.78 is 0. The molecule has 80 valence electrons. The molecule has 0 unspecified atom stereocenters. The van der Waals surface area contributed by atoms with E-state index < -0.39 is 0 Å². The predicted octanol–water partition coefficient (Wildman–Crippen LogP) is 2.29. The van der Waals surface area contributed by atoms with Crippen molar-refractivity contribution in [3.63, 3.8) is 0 Å². The van der Waals surface area contributed by atoms with Crippen LogP contribution in [0.25, 0.3) is 0 Å². The van der Waals surface area contributed by atoms with E-state index in [0.717, 1.165) is 29.8 Å². The van der Waals surface area contributed by atoms with E-state index in [-0.39, 0.29) is 5.54 Å². The number of benzene rings is 1. The van der Waals surface area contributed by atoms with Gasteiger partial charge in [-0.15, -0.1) is 0 Å². The maximum absolute atomic E-state index is 6.15. The zero-order valence-electron chi connectivity index (χ0n) is 8.81. The van der Waals surface area contributed by atoms with Gasteiger partial charge in [0.05, 0.1) is 0 Å². The first kappa shape index (κ1) is 9.64. The molecule has 0 spiro atoms. The van der Waals surface area contributed by atoms with Gasteiger partial charge >= 0.3 is 0 Å². The molecule has 0 aromatic heterocycles. The third-order valence-electron chi connectivity index (χ3n) is 4.12. The number of halogens is 1. The van der Waals surface area contributed by atoms with Gasteiger partial charge in [-0.2, -0.15) is 0 Å². The molecule has 0 heterocycles. The van der Waals surface area contributed by atoms with Gasteiger partial charge in [-0.1, -0.05) is 23.7 Å². The number of aryl methyl sites for hydroxylation is 1. The van der Waals surface area contributed by atoms with Crippen molar-refractivity contribution in [3.8, 4) is 0 Å². The molecule has 1 aromatic carbocycles. The molecule has 3 N–H and O–H groups in total. The molecule has 4 rings (SSSR count). The smallest absolute Gasteiger partial charge is 0.0438 e. The molecule has 15 heavy (non-hydrogen) atoms. The van der Waals surface area contributed by atoms with Gasteiger partial charge < -0.3 is 0 Å². The fourth-order valence-electron chi connectivity index (χ4n) is 3.17. The molecule has 2 bridgehead atoms. The molecule has 0 radical (unpaired) electrons. The fourth-order valence-corrected chi connectivity index (χ4v) is 3.35. The third kappa shape index (κ3) is 1.13. The average Bonchev–Trinajstić information content (AvgIpc) is 2.07. The summed E-state index contributed by atoms with van der Waals surface area (Å²) in [5.74, 6) is 5.52. The largest absolute Gasteiger partial charge is 0.271 e. The highest BCUT2D eigenvalue weighted by Crippen LogP contribution is 2.67. The van der Waals surface area contributed by atoms with Crippen LogP contribution in [0.4, 0.5) is 0 Å². The molecule has 3 fully saturated rings. The van der Waals surface area contributed by atoms with Crippen molar-refractivity contribution in [2.24, 2.45) is 5.84 Å². The minimum Gasteiger partial charge on any atom is -0.271 e. The fraction of sp³-hybridized carbons (Fsp3) is 0.500. The minimum absolute atomic E-state index is 0.247. The molecule has 3 aliphatic rings. The Bertz CT molecular complexity index is 408. The Morgan fingerprint density at radius 1 is 1.33 bits per heavy atom. The summed E-state index contributed by atoms with van der Waals surface area (Å²) in [7, 11) is 0. The van der Waals surface area contributed by atoms with Crippen LogP contribution in [0.3, 0.4) is 0 Å². The number of rotatable bonds is 2. The topological polar surface area (TPSA) is 38.0 Å². The van der Waals surface area contributed by atoms with Crippen LogP contribution in [0.5, 0.6) is 0 Å². The number of nitrogens with one attached hydrogen (secondary N) is 1. The molecular weight excluding hydrogens is 208 g/mol. The standard InChI is InChI=1S/C12H15ClN2/c1-8-2-3-9(4-10(8)13)11-5-12(6-11,7-11)15-14/h2-4,15H,5-7,14H2,1H3. The quantitative estimate of drug-likeness (QED) is 0.595. The van der Waals surface area contributed by atoms with Crippen molar-refractivity contribution in [1.29, 1.82) is 0 Å². The second-order valence-electron chi connectivity index (χ2n) is 5.20. The second-order valence-corrected chi connectivity index (χ2v) is 5.61. The SMILES string of the molecule is Cc1ccc(C23CC(NN)(C2)C3)cc1Cl. The van der Waals surface area contributed by atoms with Crippen molar-refractivity contribution in [2.75, 3.05) is 0 Å². The van der Waals surface area contributed by atoms with E-state index in [9.17, 15) is 0 Å². The lowest BCUT2D eigenvalue weighted by molar-refractivity contribution is -0.0882. The summed E-state index contributed by atoms with van der Waals surface area (Å²) in [4.78, 5) is 0. The molecule has 2 nitrogen and oxygen atoms in total. The van der Waals surface area contributed by atoms with Crippen LogP contribution in [-0.4, -0.2) is 5.54 Å². The van der Waals surface area contributed by atoms with E-state index in [1.807, 2.05) is 6.92 Å². The molecule has 3 aliphatic carbocycles. The zero-order chi connectivity index (χ0) is 10.7. The van der Waals surface area contributed by atoms with Gasteiger partial charge in [0.2, 0.25) is 0 Å². The average molecular weight is 223 g/mol. The first-order valence-corrected chi connectivity index (χ1v) is 5.71. The van der Waals surface area contributed by atoms with Gasteiger partial charge in [0, 0.05) is 16.0 Å². The van der Waals surface area contributed by atoms with Crippen LogP contribution in [-0.2, 0) is 5.41 Å². The Morgan fingerprint density at radius 3 is 2.53 bits per heavy atom. The van der Waals surface area contributed by atoms with Crippen LogP contribution in [0.1, 0.15) is 30.4 Å². The lowest BCUT2D eigenvalue weighted by Gasteiger charge is -2.70. The van der Waals surface area contributed by atoms with E-state index in [0.29, 0.717) is 5.41 Å². The second kappa shape index (κ2) is 2.76. The van der Waals surface area contributed by atoms with Crippen LogP contribution >= 0.6 is 11.6 Å². The molecule has 0 aliphatic heterocycles. The van der Waals surface area contributed by atoms with Crippen molar-refractivity contribution in [3.05, 3.63) is 34.3 Å². The first-order valence-electron chi connectivity index (χ1n) is 5.34. The molecule has 1 aromatic rings. The van der Waals surface area contributed by atoms with Crippen LogP contribution < -0.4 is 11.3 Å². The Hall–Kier alpha value is -0.570. The van der Waals surface area contributed by atoms with Crippen LogP contribution in [0.2, 0.25) is 5.02 Å². The van der Waals surface area contributed by atoms with Gasteiger partial charge in [-0.25, -0.2) is 0 Å². The molecule has 3 saturated carbocycles. The van der Waals surface area contributed by atoms with Gasteiger partial charge in [-0.05, 0) is 43.4 Å². The monoisotopic (exact) mass is 222 g/mol. The summed E-state index contributed by atoms with van der Waals surface area (Å²) in [5.41, 5.74) is 6.09. The predicted molar refractivity (Wildman–Crippen MR) is 61.8 cm³/mol. The summed E-state index contributed by atoms with van der Waals surface area (Å²) >= 11 is 6.15. The Balaban J connectivity index is 1.88. The van der Waals surface area contributed by atoms with Crippen LogP contribution in [0.15, 0.2) is 18.2 Å². The lowest BCUT2D eigenvalue weighted by Crippen LogP contribution is -2.77. The summed E-state index contributed by atoms with van der Waals surface area (Å²) in [5, 5.41) is 0.881. The highest BCUT2D eigenvalue weighted by molar-refractivity contribution is 6.31. The number of hydrogen-bond acceptors (Lipinski definition) is 2. The zero-order valence-corrected chi connectivity index (χ0v) is 9.56. The minimum atomic E-state index is 0.247. The highest BCUT2D eigenvalue weighted by Gasteiger charge is 2.68. The van der Waals surface area contributed by atoms with E-state index >= 15 is 0 Å². The van der Waals surface area contributed by atoms with E-state index in [4.69, 9.17) is 17.4 Å². The van der Waals surface area contributed by atoms with Gasteiger partial charge in [0.1, 0.15) is 0 Å². The summed E-state index contributed by atoms with van der Waals surface area (Å²) in [6.07, 6.45) is 3.49. The number of hydrogen-bond donors (Lipinski definition) is 2. The molecular formula is C12H15ClN2. The Labute approximate surface area is 94.8 Å². The van der Waals surface area contributed by atoms with E-state index in [1.165, 1.54) is 5.56 Å². The van der Waals surface area contributed by atoms with E-state index in [2.05, 4.69) is 23.6 Å². The Kier molecular flexibility index (Phi) is 1.77. The molecule has 0 saturated heterocycles. The maximum Gasteiger partial charge on any atom is 0.0438 e. The van der Waals surface area contributed by atoms with Gasteiger partial charge in [-0.3, -0.25) is 11.3 Å².